The fourth-order valence-corrected chi connectivity index (χ4v) is 6.12. The van der Waals surface area contributed by atoms with E-state index in [-0.39, 0.29) is 5.69 Å². The highest BCUT2D eigenvalue weighted by atomic mass is 16.9. The van der Waals surface area contributed by atoms with Crippen molar-refractivity contribution in [1.29, 1.82) is 0 Å². The Labute approximate surface area is 208 Å². The zero-order valence-electron chi connectivity index (χ0n) is 20.0. The van der Waals surface area contributed by atoms with Crippen molar-refractivity contribution in [2.75, 3.05) is 0 Å². The van der Waals surface area contributed by atoms with Gasteiger partial charge in [-0.3, -0.25) is 14.9 Å². The second-order valence-electron chi connectivity index (χ2n) is 10.3. The van der Waals surface area contributed by atoms with Gasteiger partial charge in [-0.15, -0.1) is 0 Å². The van der Waals surface area contributed by atoms with E-state index in [9.17, 15) is 14.9 Å². The van der Waals surface area contributed by atoms with Crippen molar-refractivity contribution in [2.24, 2.45) is 5.10 Å². The molecule has 11 nitrogen and oxygen atoms in total. The van der Waals surface area contributed by atoms with E-state index in [0.717, 1.165) is 64.2 Å². The van der Waals surface area contributed by atoms with E-state index < -0.39 is 53.1 Å². The molecule has 6 rings (SSSR count). The number of ether oxygens (including phenoxy) is 5. The summed E-state index contributed by atoms with van der Waals surface area (Å²) < 4.78 is 31.9. The molecule has 0 bridgehead atoms. The predicted octanol–water partition coefficient (Wildman–Crippen LogP) is 3.29. The molecule has 5 aliphatic rings. The molecule has 11 heteroatoms. The van der Waals surface area contributed by atoms with Crippen LogP contribution in [0.3, 0.4) is 0 Å². The van der Waals surface area contributed by atoms with Crippen molar-refractivity contribution >= 4 is 17.8 Å². The lowest BCUT2D eigenvalue weighted by Crippen LogP contribution is -2.59. The molecule has 5 atom stereocenters. The highest BCUT2D eigenvalue weighted by Crippen LogP contribution is 2.50. The normalized spacial score (nSPS) is 34.5. The highest BCUT2D eigenvalue weighted by Gasteiger charge is 2.65. The SMILES string of the molecule is O=C(NN=Cc1cccc([N+](=O)[O-])c1)[C@H]1O[C@@H]2OC3(CCCCC3)O[C@@H]2[C@H]2OC3(CCCCC3)O[C@H]21. The van der Waals surface area contributed by atoms with Crippen LogP contribution in [-0.4, -0.2) is 59.3 Å². The summed E-state index contributed by atoms with van der Waals surface area (Å²) in [4.78, 5) is 23.8. The molecule has 194 valence electrons. The molecular weight excluding hydrogens is 470 g/mol. The van der Waals surface area contributed by atoms with Crippen molar-refractivity contribution < 1.29 is 33.4 Å². The summed E-state index contributed by atoms with van der Waals surface area (Å²) in [5.74, 6) is -1.92. The highest BCUT2D eigenvalue weighted by molar-refractivity contribution is 5.85. The van der Waals surface area contributed by atoms with E-state index in [1.165, 1.54) is 18.3 Å². The van der Waals surface area contributed by atoms with Crippen LogP contribution in [0.2, 0.25) is 0 Å². The molecule has 36 heavy (non-hydrogen) atoms. The van der Waals surface area contributed by atoms with Gasteiger partial charge in [0.05, 0.1) is 11.1 Å². The van der Waals surface area contributed by atoms with Gasteiger partial charge in [-0.05, 0) is 25.7 Å². The summed E-state index contributed by atoms with van der Waals surface area (Å²) in [5.41, 5.74) is 2.94. The van der Waals surface area contributed by atoms with Crippen LogP contribution in [0, 0.1) is 10.1 Å². The van der Waals surface area contributed by atoms with Crippen LogP contribution >= 0.6 is 0 Å². The van der Waals surface area contributed by atoms with Gasteiger partial charge in [-0.1, -0.05) is 25.0 Å². The number of nitrogens with one attached hydrogen (secondary N) is 1. The van der Waals surface area contributed by atoms with Gasteiger partial charge in [0.15, 0.2) is 24.0 Å². The van der Waals surface area contributed by atoms with E-state index >= 15 is 0 Å². The largest absolute Gasteiger partial charge is 0.341 e. The third kappa shape index (κ3) is 4.43. The standard InChI is InChI=1S/C25H31N3O8/c29-22(27-26-15-16-8-7-9-17(14-16)28(30)31)20-18-19(34-24(33-18)10-3-1-4-11-24)21-23(32-20)36-25(35-21)12-5-2-6-13-25/h7-9,14-15,18-21,23H,1-6,10-13H2,(H,27,29)/t18-,19+,20+,21-,23-/m1/s1. The Morgan fingerprint density at radius 2 is 1.58 bits per heavy atom. The minimum absolute atomic E-state index is 0.0564. The maximum Gasteiger partial charge on any atom is 0.272 e. The van der Waals surface area contributed by atoms with Crippen LogP contribution in [0.4, 0.5) is 5.69 Å². The minimum Gasteiger partial charge on any atom is -0.341 e. The van der Waals surface area contributed by atoms with Gasteiger partial charge in [0, 0.05) is 43.4 Å². The third-order valence-electron chi connectivity index (χ3n) is 7.84. The Balaban J connectivity index is 1.20. The van der Waals surface area contributed by atoms with E-state index in [1.807, 2.05) is 0 Å². The number of hydrogen-bond acceptors (Lipinski definition) is 9. The molecule has 3 heterocycles. The summed E-state index contributed by atoms with van der Waals surface area (Å²) in [6.07, 6.45) is 7.44. The zero-order valence-corrected chi connectivity index (χ0v) is 20.0. The number of carbonyl (C=O) groups excluding carboxylic acids is 1. The van der Waals surface area contributed by atoms with Crippen molar-refractivity contribution in [3.8, 4) is 0 Å². The summed E-state index contributed by atoms with van der Waals surface area (Å²) in [6.45, 7) is 0. The molecule has 1 aromatic carbocycles. The Hall–Kier alpha value is -2.44. The number of nitro benzene ring substituents is 1. The Bertz CT molecular complexity index is 1040. The summed E-state index contributed by atoms with van der Waals surface area (Å²) in [7, 11) is 0. The number of nitro groups is 1. The van der Waals surface area contributed by atoms with Crippen molar-refractivity contribution in [1.82, 2.24) is 5.43 Å². The monoisotopic (exact) mass is 501 g/mol. The quantitative estimate of drug-likeness (QED) is 0.378. The first-order valence-corrected chi connectivity index (χ1v) is 12.9. The minimum atomic E-state index is -0.998. The lowest BCUT2D eigenvalue weighted by Gasteiger charge is -2.36. The zero-order chi connectivity index (χ0) is 24.8. The first-order chi connectivity index (χ1) is 17.5. The van der Waals surface area contributed by atoms with Crippen molar-refractivity contribution in [3.05, 3.63) is 39.9 Å². The topological polar surface area (TPSA) is 131 Å². The van der Waals surface area contributed by atoms with E-state index in [1.54, 1.807) is 12.1 Å². The smallest absolute Gasteiger partial charge is 0.272 e. The number of hydrazone groups is 1. The Kier molecular flexibility index (Phi) is 6.29. The summed E-state index contributed by atoms with van der Waals surface area (Å²) in [5, 5.41) is 15.0. The molecule has 2 spiro atoms. The predicted molar refractivity (Wildman–Crippen MR) is 125 cm³/mol. The third-order valence-corrected chi connectivity index (χ3v) is 7.84. The summed E-state index contributed by atoms with van der Waals surface area (Å²) in [6, 6.07) is 5.99. The van der Waals surface area contributed by atoms with Crippen LogP contribution in [-0.2, 0) is 28.5 Å². The maximum atomic E-state index is 13.2. The molecule has 0 radical (unpaired) electrons. The van der Waals surface area contributed by atoms with Crippen molar-refractivity contribution in [3.63, 3.8) is 0 Å². The fraction of sp³-hybridized carbons (Fsp3) is 0.680. The first kappa shape index (κ1) is 23.9. The molecule has 2 aliphatic carbocycles. The second kappa shape index (κ2) is 9.46. The lowest BCUT2D eigenvalue weighted by atomic mass is 9.94. The van der Waals surface area contributed by atoms with Gasteiger partial charge < -0.3 is 23.7 Å². The van der Waals surface area contributed by atoms with Gasteiger partial charge in [-0.2, -0.15) is 5.10 Å². The molecule has 1 N–H and O–H groups in total. The molecule has 0 aromatic heterocycles. The van der Waals surface area contributed by atoms with Gasteiger partial charge in [0.1, 0.15) is 18.3 Å². The van der Waals surface area contributed by atoms with Gasteiger partial charge in [-0.25, -0.2) is 5.43 Å². The number of carbonyl (C=O) groups is 1. The van der Waals surface area contributed by atoms with Crippen LogP contribution in [0.15, 0.2) is 29.4 Å². The van der Waals surface area contributed by atoms with Gasteiger partial charge in [0.2, 0.25) is 0 Å². The van der Waals surface area contributed by atoms with Gasteiger partial charge >= 0.3 is 0 Å². The lowest BCUT2D eigenvalue weighted by molar-refractivity contribution is -0.384. The van der Waals surface area contributed by atoms with Crippen LogP contribution in [0.25, 0.3) is 0 Å². The van der Waals surface area contributed by atoms with E-state index in [4.69, 9.17) is 23.7 Å². The fourth-order valence-electron chi connectivity index (χ4n) is 6.12. The number of non-ortho nitro benzene ring substituents is 1. The van der Waals surface area contributed by atoms with Crippen LogP contribution in [0.1, 0.15) is 69.8 Å². The number of nitrogens with zero attached hydrogens (tertiary/aromatic N) is 2. The van der Waals surface area contributed by atoms with Gasteiger partial charge in [0.25, 0.3) is 11.6 Å². The molecule has 3 saturated heterocycles. The van der Waals surface area contributed by atoms with Crippen molar-refractivity contribution in [2.45, 2.75) is 106 Å². The number of fused-ring (bicyclic) bond motifs is 3. The Morgan fingerprint density at radius 1 is 0.944 bits per heavy atom. The van der Waals surface area contributed by atoms with E-state index in [2.05, 4.69) is 10.5 Å². The molecule has 5 fully saturated rings. The molecular formula is C25H31N3O8. The number of hydrogen-bond donors (Lipinski definition) is 1. The first-order valence-electron chi connectivity index (χ1n) is 12.9. The number of amides is 1. The molecule has 3 aliphatic heterocycles. The van der Waals surface area contributed by atoms with Crippen LogP contribution in [0.5, 0.6) is 0 Å². The number of rotatable bonds is 4. The maximum absolute atomic E-state index is 13.2. The number of benzene rings is 1. The second-order valence-corrected chi connectivity index (χ2v) is 10.3. The molecule has 0 unspecified atom stereocenters. The average Bonchev–Trinajstić information content (AvgIpc) is 3.42. The molecule has 1 amide bonds. The molecule has 1 aromatic rings. The molecule has 2 saturated carbocycles. The average molecular weight is 502 g/mol. The van der Waals surface area contributed by atoms with Crippen LogP contribution < -0.4 is 5.43 Å². The Morgan fingerprint density at radius 3 is 2.28 bits per heavy atom. The van der Waals surface area contributed by atoms with E-state index in [0.29, 0.717) is 5.56 Å². The summed E-state index contributed by atoms with van der Waals surface area (Å²) >= 11 is 0.